The Morgan fingerprint density at radius 1 is 1.44 bits per heavy atom. The summed E-state index contributed by atoms with van der Waals surface area (Å²) in [6.07, 6.45) is 0.842. The molecule has 0 radical (unpaired) electrons. The summed E-state index contributed by atoms with van der Waals surface area (Å²) in [5.74, 6) is -0.0556. The maximum Gasteiger partial charge on any atom is 0.188 e. The van der Waals surface area contributed by atoms with Crippen LogP contribution in [0.1, 0.15) is 23.7 Å². The molecule has 3 nitrogen and oxygen atoms in total. The number of carbonyl (C=O) groups is 1. The number of nitrogens with two attached hydrogens (primary N) is 1. The van der Waals surface area contributed by atoms with Gasteiger partial charge >= 0.3 is 0 Å². The second-order valence-corrected chi connectivity index (χ2v) is 4.05. The molecule has 4 heteroatoms. The molecule has 0 fully saturated rings. The zero-order chi connectivity index (χ0) is 12.0. The number of halogens is 1. The largest absolute Gasteiger partial charge is 0.372 e. The van der Waals surface area contributed by atoms with Crippen LogP contribution in [0, 0.1) is 0 Å². The summed E-state index contributed by atoms with van der Waals surface area (Å²) < 4.78 is 5.23. The minimum absolute atomic E-state index is 0.00184. The Bertz CT molecular complexity index is 337. The van der Waals surface area contributed by atoms with Gasteiger partial charge in [0.15, 0.2) is 5.78 Å². The normalized spacial score (nSPS) is 12.4. The number of Topliss-reactive ketones (excluding diaryl/α,β-unsaturated/α-hetero) is 1. The lowest BCUT2D eigenvalue weighted by Gasteiger charge is -2.08. The molecule has 1 rings (SSSR count). The van der Waals surface area contributed by atoms with Gasteiger partial charge in [0, 0.05) is 16.6 Å². The van der Waals surface area contributed by atoms with E-state index in [2.05, 4.69) is 0 Å². The van der Waals surface area contributed by atoms with Crippen LogP contribution in [0.15, 0.2) is 24.3 Å². The molecule has 0 aromatic heterocycles. The molecule has 2 N–H and O–H groups in total. The van der Waals surface area contributed by atoms with Gasteiger partial charge in [0.2, 0.25) is 0 Å². The first-order valence-electron chi connectivity index (χ1n) is 5.25. The van der Waals surface area contributed by atoms with E-state index in [1.54, 1.807) is 24.3 Å². The van der Waals surface area contributed by atoms with Gasteiger partial charge in [-0.05, 0) is 30.7 Å². The van der Waals surface area contributed by atoms with Crippen LogP contribution in [0.3, 0.4) is 0 Å². The molecule has 0 aliphatic heterocycles. The van der Waals surface area contributed by atoms with Crippen LogP contribution in [0.2, 0.25) is 5.02 Å². The third kappa shape index (κ3) is 4.31. The van der Waals surface area contributed by atoms with Gasteiger partial charge in [-0.15, -0.1) is 0 Å². The maximum atomic E-state index is 11.6. The highest BCUT2D eigenvalue weighted by Crippen LogP contribution is 2.10. The summed E-state index contributed by atoms with van der Waals surface area (Å²) >= 11 is 5.72. The van der Waals surface area contributed by atoms with E-state index < -0.39 is 0 Å². The second-order valence-electron chi connectivity index (χ2n) is 3.61. The van der Waals surface area contributed by atoms with E-state index in [9.17, 15) is 4.79 Å². The molecular weight excluding hydrogens is 226 g/mol. The van der Waals surface area contributed by atoms with Crippen LogP contribution in [0.25, 0.3) is 0 Å². The molecule has 88 valence electrons. The van der Waals surface area contributed by atoms with E-state index in [1.807, 2.05) is 6.92 Å². The number of carbonyl (C=O) groups excluding carboxylic acids is 1. The van der Waals surface area contributed by atoms with E-state index in [0.717, 1.165) is 6.42 Å². The Hall–Kier alpha value is -0.900. The predicted octanol–water partition coefficient (Wildman–Crippen LogP) is 2.28. The molecule has 0 bridgehead atoms. The fourth-order valence-corrected chi connectivity index (χ4v) is 1.27. The molecule has 0 amide bonds. The average Bonchev–Trinajstić information content (AvgIpc) is 2.29. The van der Waals surface area contributed by atoms with Gasteiger partial charge in [-0.1, -0.05) is 18.5 Å². The molecule has 0 heterocycles. The van der Waals surface area contributed by atoms with Gasteiger partial charge < -0.3 is 10.5 Å². The van der Waals surface area contributed by atoms with Crippen LogP contribution in [0.5, 0.6) is 0 Å². The third-order valence-electron chi connectivity index (χ3n) is 2.26. The Morgan fingerprint density at radius 2 is 2.06 bits per heavy atom. The molecule has 1 unspecified atom stereocenters. The van der Waals surface area contributed by atoms with Gasteiger partial charge in [-0.2, -0.15) is 0 Å². The number of hydrogen-bond acceptors (Lipinski definition) is 3. The highest BCUT2D eigenvalue weighted by molar-refractivity contribution is 6.30. The van der Waals surface area contributed by atoms with Crippen molar-refractivity contribution in [3.63, 3.8) is 0 Å². The summed E-state index contributed by atoms with van der Waals surface area (Å²) in [4.78, 5) is 11.6. The SMILES string of the molecule is CCC(N)COCC(=O)c1ccc(Cl)cc1. The predicted molar refractivity (Wildman–Crippen MR) is 64.9 cm³/mol. The first-order chi connectivity index (χ1) is 7.63. The quantitative estimate of drug-likeness (QED) is 0.778. The van der Waals surface area contributed by atoms with Gasteiger partial charge in [0.25, 0.3) is 0 Å². The number of ketones is 1. The molecule has 1 atom stereocenters. The Kier molecular flexibility index (Phi) is 5.46. The standard InChI is InChI=1S/C12H16ClNO2/c1-2-11(14)7-16-8-12(15)9-3-5-10(13)6-4-9/h3-6,11H,2,7-8,14H2,1H3. The minimum Gasteiger partial charge on any atom is -0.372 e. The first kappa shape index (κ1) is 13.2. The van der Waals surface area contributed by atoms with Crippen molar-refractivity contribution in [1.82, 2.24) is 0 Å². The van der Waals surface area contributed by atoms with Crippen molar-refractivity contribution < 1.29 is 9.53 Å². The van der Waals surface area contributed by atoms with Crippen LogP contribution in [-0.2, 0) is 4.74 Å². The second kappa shape index (κ2) is 6.63. The highest BCUT2D eigenvalue weighted by atomic mass is 35.5. The topological polar surface area (TPSA) is 52.3 Å². The van der Waals surface area contributed by atoms with Gasteiger partial charge in [0.05, 0.1) is 6.61 Å². The van der Waals surface area contributed by atoms with Crippen molar-refractivity contribution in [2.24, 2.45) is 5.73 Å². The van der Waals surface area contributed by atoms with Gasteiger partial charge in [-0.25, -0.2) is 0 Å². The smallest absolute Gasteiger partial charge is 0.188 e. The lowest BCUT2D eigenvalue weighted by Crippen LogP contribution is -2.26. The first-order valence-corrected chi connectivity index (χ1v) is 5.63. The Morgan fingerprint density at radius 3 is 2.62 bits per heavy atom. The third-order valence-corrected chi connectivity index (χ3v) is 2.51. The van der Waals surface area contributed by atoms with Crippen LogP contribution in [0.4, 0.5) is 0 Å². The van der Waals surface area contributed by atoms with Crippen LogP contribution >= 0.6 is 11.6 Å². The van der Waals surface area contributed by atoms with E-state index >= 15 is 0 Å². The van der Waals surface area contributed by atoms with E-state index in [4.69, 9.17) is 22.1 Å². The monoisotopic (exact) mass is 241 g/mol. The highest BCUT2D eigenvalue weighted by Gasteiger charge is 2.06. The van der Waals surface area contributed by atoms with Crippen molar-refractivity contribution >= 4 is 17.4 Å². The molecule has 0 saturated heterocycles. The van der Waals surface area contributed by atoms with E-state index in [-0.39, 0.29) is 18.4 Å². The van der Waals surface area contributed by atoms with E-state index in [0.29, 0.717) is 17.2 Å². The summed E-state index contributed by atoms with van der Waals surface area (Å²) in [7, 11) is 0. The lowest BCUT2D eigenvalue weighted by molar-refractivity contribution is 0.0731. The molecule has 1 aromatic rings. The van der Waals surface area contributed by atoms with Crippen molar-refractivity contribution in [2.45, 2.75) is 19.4 Å². The lowest BCUT2D eigenvalue weighted by atomic mass is 10.1. The maximum absolute atomic E-state index is 11.6. The minimum atomic E-state index is -0.0556. The molecular formula is C12H16ClNO2. The molecule has 16 heavy (non-hydrogen) atoms. The average molecular weight is 242 g/mol. The Labute approximate surface area is 101 Å². The number of hydrogen-bond donors (Lipinski definition) is 1. The molecule has 0 aliphatic rings. The number of rotatable bonds is 6. The van der Waals surface area contributed by atoms with Crippen molar-refractivity contribution in [2.75, 3.05) is 13.2 Å². The fourth-order valence-electron chi connectivity index (χ4n) is 1.14. The molecule has 0 spiro atoms. The fraction of sp³-hybridized carbons (Fsp3) is 0.417. The summed E-state index contributed by atoms with van der Waals surface area (Å²) in [6, 6.07) is 6.75. The summed E-state index contributed by atoms with van der Waals surface area (Å²) in [5, 5.41) is 0.616. The van der Waals surface area contributed by atoms with Crippen molar-refractivity contribution in [1.29, 1.82) is 0 Å². The zero-order valence-electron chi connectivity index (χ0n) is 9.28. The van der Waals surface area contributed by atoms with Crippen LogP contribution < -0.4 is 5.73 Å². The zero-order valence-corrected chi connectivity index (χ0v) is 10.0. The van der Waals surface area contributed by atoms with Crippen molar-refractivity contribution in [3.05, 3.63) is 34.9 Å². The van der Waals surface area contributed by atoms with E-state index in [1.165, 1.54) is 0 Å². The summed E-state index contributed by atoms with van der Waals surface area (Å²) in [6.45, 7) is 2.46. The van der Waals surface area contributed by atoms with Crippen molar-refractivity contribution in [3.8, 4) is 0 Å². The van der Waals surface area contributed by atoms with Gasteiger partial charge in [-0.3, -0.25) is 4.79 Å². The number of ether oxygens (including phenoxy) is 1. The molecule has 0 aliphatic carbocycles. The summed E-state index contributed by atoms with van der Waals surface area (Å²) in [5.41, 5.74) is 6.27. The number of benzene rings is 1. The van der Waals surface area contributed by atoms with Crippen LogP contribution in [-0.4, -0.2) is 25.0 Å². The van der Waals surface area contributed by atoms with Gasteiger partial charge in [0.1, 0.15) is 6.61 Å². The molecule has 0 saturated carbocycles. The Balaban J connectivity index is 2.38. The molecule has 1 aromatic carbocycles.